The zero-order valence-electron chi connectivity index (χ0n) is 11.2. The predicted molar refractivity (Wildman–Crippen MR) is 71.1 cm³/mol. The summed E-state index contributed by atoms with van der Waals surface area (Å²) in [7, 11) is 2.06. The summed E-state index contributed by atoms with van der Waals surface area (Å²) in [4.78, 5) is 17.1. The maximum atomic E-state index is 10.7. The van der Waals surface area contributed by atoms with Crippen LogP contribution in [0, 0.1) is 5.92 Å². The van der Waals surface area contributed by atoms with Gasteiger partial charge in [-0.2, -0.15) is 0 Å². The van der Waals surface area contributed by atoms with E-state index in [4.69, 9.17) is 9.84 Å². The molecule has 19 heavy (non-hydrogen) atoms. The zero-order chi connectivity index (χ0) is 13.7. The molecule has 0 radical (unpaired) electrons. The summed E-state index contributed by atoms with van der Waals surface area (Å²) in [6.45, 7) is 3.45. The van der Waals surface area contributed by atoms with Crippen molar-refractivity contribution >= 4 is 5.97 Å². The van der Waals surface area contributed by atoms with E-state index >= 15 is 0 Å². The maximum Gasteiger partial charge on any atom is 0.337 e. The number of ether oxygens (including phenoxy) is 1. The average Bonchev–Trinajstić information content (AvgIpc) is 2.40. The molecule has 5 heteroatoms. The Kier molecular flexibility index (Phi) is 4.87. The van der Waals surface area contributed by atoms with Gasteiger partial charge in [-0.1, -0.05) is 0 Å². The molecule has 1 aliphatic heterocycles. The standard InChI is InChI=1S/C14H20N2O3/c1-16(8-11-3-2-6-19-10-11)9-13-5-4-12(7-15-13)14(17)18/h4-5,7,11H,2-3,6,8-10H2,1H3,(H,17,18). The van der Waals surface area contributed by atoms with E-state index in [1.54, 1.807) is 12.1 Å². The first-order chi connectivity index (χ1) is 9.15. The van der Waals surface area contributed by atoms with E-state index in [1.165, 1.54) is 12.6 Å². The molecule has 0 aromatic carbocycles. The van der Waals surface area contributed by atoms with Crippen molar-refractivity contribution in [2.45, 2.75) is 19.4 Å². The van der Waals surface area contributed by atoms with Crippen molar-refractivity contribution in [3.63, 3.8) is 0 Å². The molecule has 1 N–H and O–H groups in total. The average molecular weight is 264 g/mol. The van der Waals surface area contributed by atoms with E-state index in [0.29, 0.717) is 5.92 Å². The molecular formula is C14H20N2O3. The highest BCUT2D eigenvalue weighted by Crippen LogP contribution is 2.15. The number of hydrogen-bond acceptors (Lipinski definition) is 4. The van der Waals surface area contributed by atoms with Gasteiger partial charge in [-0.3, -0.25) is 4.98 Å². The van der Waals surface area contributed by atoms with E-state index in [2.05, 4.69) is 16.9 Å². The molecule has 1 aliphatic rings. The predicted octanol–water partition coefficient (Wildman–Crippen LogP) is 1.64. The smallest absolute Gasteiger partial charge is 0.337 e. The van der Waals surface area contributed by atoms with Crippen molar-refractivity contribution in [1.82, 2.24) is 9.88 Å². The monoisotopic (exact) mass is 264 g/mol. The zero-order valence-corrected chi connectivity index (χ0v) is 11.2. The molecule has 1 fully saturated rings. The lowest BCUT2D eigenvalue weighted by Gasteiger charge is -2.26. The number of aromatic carboxylic acids is 1. The number of carboxylic acids is 1. The minimum absolute atomic E-state index is 0.229. The number of pyridine rings is 1. The molecule has 1 atom stereocenters. The molecule has 0 aliphatic carbocycles. The van der Waals surface area contributed by atoms with Crippen molar-refractivity contribution in [1.29, 1.82) is 0 Å². The molecule has 1 aromatic heterocycles. The van der Waals surface area contributed by atoms with E-state index in [-0.39, 0.29) is 5.56 Å². The highest BCUT2D eigenvalue weighted by atomic mass is 16.5. The van der Waals surface area contributed by atoms with E-state index in [0.717, 1.165) is 38.4 Å². The maximum absolute atomic E-state index is 10.7. The summed E-state index contributed by atoms with van der Waals surface area (Å²) in [6, 6.07) is 3.37. The second-order valence-electron chi connectivity index (χ2n) is 5.12. The lowest BCUT2D eigenvalue weighted by Crippen LogP contribution is -2.30. The van der Waals surface area contributed by atoms with Gasteiger partial charge >= 0.3 is 5.97 Å². The van der Waals surface area contributed by atoms with E-state index < -0.39 is 5.97 Å². The Balaban J connectivity index is 1.83. The van der Waals surface area contributed by atoms with Crippen molar-refractivity contribution < 1.29 is 14.6 Å². The second kappa shape index (κ2) is 6.63. The molecule has 1 aromatic rings. The molecule has 2 heterocycles. The van der Waals surface area contributed by atoms with Crippen molar-refractivity contribution in [2.75, 3.05) is 26.8 Å². The van der Waals surface area contributed by atoms with Crippen LogP contribution in [-0.2, 0) is 11.3 Å². The minimum Gasteiger partial charge on any atom is -0.478 e. The number of rotatable bonds is 5. The first kappa shape index (κ1) is 14.0. The Morgan fingerprint density at radius 1 is 1.58 bits per heavy atom. The molecular weight excluding hydrogens is 244 g/mol. The van der Waals surface area contributed by atoms with Gasteiger partial charge in [0, 0.05) is 25.9 Å². The van der Waals surface area contributed by atoms with Gasteiger partial charge in [-0.15, -0.1) is 0 Å². The molecule has 5 nitrogen and oxygen atoms in total. The molecule has 0 bridgehead atoms. The Bertz CT molecular complexity index is 413. The van der Waals surface area contributed by atoms with E-state index in [1.807, 2.05) is 0 Å². The summed E-state index contributed by atoms with van der Waals surface area (Å²) in [5.74, 6) is -0.344. The van der Waals surface area contributed by atoms with Crippen LogP contribution < -0.4 is 0 Å². The van der Waals surface area contributed by atoms with Crippen molar-refractivity contribution in [3.05, 3.63) is 29.6 Å². The number of carbonyl (C=O) groups is 1. The van der Waals surface area contributed by atoms with Crippen LogP contribution >= 0.6 is 0 Å². The first-order valence-electron chi connectivity index (χ1n) is 6.59. The fourth-order valence-corrected chi connectivity index (χ4v) is 2.38. The minimum atomic E-state index is -0.938. The van der Waals surface area contributed by atoms with Crippen molar-refractivity contribution in [2.24, 2.45) is 5.92 Å². The third-order valence-electron chi connectivity index (χ3n) is 3.33. The molecule has 0 saturated carbocycles. The van der Waals surface area contributed by atoms with E-state index in [9.17, 15) is 4.79 Å². The number of hydrogen-bond donors (Lipinski definition) is 1. The Hall–Kier alpha value is -1.46. The highest BCUT2D eigenvalue weighted by Gasteiger charge is 2.16. The van der Waals surface area contributed by atoms with Crippen molar-refractivity contribution in [3.8, 4) is 0 Å². The molecule has 104 valence electrons. The van der Waals surface area contributed by atoms with Gasteiger partial charge in [0.2, 0.25) is 0 Å². The fourth-order valence-electron chi connectivity index (χ4n) is 2.38. The Morgan fingerprint density at radius 2 is 2.42 bits per heavy atom. The van der Waals surface area contributed by atoms with Gasteiger partial charge in [0.1, 0.15) is 0 Å². The number of nitrogens with zero attached hydrogens (tertiary/aromatic N) is 2. The number of aromatic nitrogens is 1. The Morgan fingerprint density at radius 3 is 3.00 bits per heavy atom. The first-order valence-corrected chi connectivity index (χ1v) is 6.59. The lowest BCUT2D eigenvalue weighted by atomic mass is 10.0. The van der Waals surface area contributed by atoms with Crippen LogP contribution in [0.3, 0.4) is 0 Å². The van der Waals surface area contributed by atoms with Gasteiger partial charge < -0.3 is 14.7 Å². The van der Waals surface area contributed by atoms with Crippen LogP contribution in [0.25, 0.3) is 0 Å². The van der Waals surface area contributed by atoms with Crippen LogP contribution in [0.5, 0.6) is 0 Å². The fraction of sp³-hybridized carbons (Fsp3) is 0.571. The summed E-state index contributed by atoms with van der Waals surface area (Å²) in [5, 5.41) is 8.81. The lowest BCUT2D eigenvalue weighted by molar-refractivity contribution is 0.0410. The summed E-state index contributed by atoms with van der Waals surface area (Å²) in [5.41, 5.74) is 1.12. The Labute approximate surface area is 113 Å². The third kappa shape index (κ3) is 4.29. The molecule has 0 amide bonds. The molecule has 1 unspecified atom stereocenters. The van der Waals surface area contributed by atoms with Gasteiger partial charge in [-0.25, -0.2) is 4.79 Å². The second-order valence-corrected chi connectivity index (χ2v) is 5.12. The third-order valence-corrected chi connectivity index (χ3v) is 3.33. The normalized spacial score (nSPS) is 19.6. The van der Waals surface area contributed by atoms with Crippen LogP contribution in [0.2, 0.25) is 0 Å². The van der Waals surface area contributed by atoms with Crippen LogP contribution in [-0.4, -0.2) is 47.8 Å². The molecule has 2 rings (SSSR count). The van der Waals surface area contributed by atoms with Gasteiger partial charge in [0.05, 0.1) is 17.9 Å². The van der Waals surface area contributed by atoms with Crippen LogP contribution in [0.1, 0.15) is 28.9 Å². The SMILES string of the molecule is CN(Cc1ccc(C(=O)O)cn1)CC1CCCOC1. The summed E-state index contributed by atoms with van der Waals surface area (Å²) in [6.07, 6.45) is 3.77. The van der Waals surface area contributed by atoms with Crippen LogP contribution in [0.15, 0.2) is 18.3 Å². The van der Waals surface area contributed by atoms with Gasteiger partial charge in [-0.05, 0) is 37.9 Å². The summed E-state index contributed by atoms with van der Waals surface area (Å²) >= 11 is 0. The van der Waals surface area contributed by atoms with Crippen LogP contribution in [0.4, 0.5) is 0 Å². The topological polar surface area (TPSA) is 62.7 Å². The molecule has 1 saturated heterocycles. The quantitative estimate of drug-likeness (QED) is 0.876. The largest absolute Gasteiger partial charge is 0.478 e. The van der Waals surface area contributed by atoms with Gasteiger partial charge in [0.15, 0.2) is 0 Å². The molecule has 0 spiro atoms. The summed E-state index contributed by atoms with van der Waals surface area (Å²) < 4.78 is 5.47. The highest BCUT2D eigenvalue weighted by molar-refractivity contribution is 5.87. The van der Waals surface area contributed by atoms with Gasteiger partial charge in [0.25, 0.3) is 0 Å². The number of carboxylic acid groups (broad SMARTS) is 1.